The van der Waals surface area contributed by atoms with E-state index < -0.39 is 0 Å². The fourth-order valence-electron chi connectivity index (χ4n) is 0.891. The van der Waals surface area contributed by atoms with Gasteiger partial charge in [0.1, 0.15) is 0 Å². The molecule has 0 heterocycles. The van der Waals surface area contributed by atoms with Gasteiger partial charge >= 0.3 is 0 Å². The van der Waals surface area contributed by atoms with E-state index in [4.69, 9.17) is 0 Å². The molecule has 0 aromatic heterocycles. The average molecular weight is 123 g/mol. The smallest absolute Gasteiger partial charge is 0.0548 e. The summed E-state index contributed by atoms with van der Waals surface area (Å²) >= 11 is 0. The molecule has 0 N–H and O–H groups in total. The zero-order valence-corrected chi connectivity index (χ0v) is 6.69. The van der Waals surface area contributed by atoms with Gasteiger partial charge in [-0.3, -0.25) is 0 Å². The van der Waals surface area contributed by atoms with Gasteiger partial charge in [0.2, 0.25) is 0 Å². The standard InChI is InChI=1S/C7H11Si/c1-2-8-7-5-3-4-6-7/h3,5H,2,4,8H2,1H3. The topological polar surface area (TPSA) is 0 Å². The van der Waals surface area contributed by atoms with Crippen LogP contribution >= 0.6 is 0 Å². The first kappa shape index (κ1) is 5.83. The van der Waals surface area contributed by atoms with Crippen LogP contribution in [0.1, 0.15) is 13.3 Å². The molecule has 8 heavy (non-hydrogen) atoms. The highest BCUT2D eigenvalue weighted by Crippen LogP contribution is 2.06. The third-order valence-electron chi connectivity index (χ3n) is 1.29. The van der Waals surface area contributed by atoms with Gasteiger partial charge in [-0.2, -0.15) is 0 Å². The summed E-state index contributed by atoms with van der Waals surface area (Å²) < 4.78 is 0. The molecule has 0 saturated carbocycles. The van der Waals surface area contributed by atoms with Gasteiger partial charge in [0.15, 0.2) is 0 Å². The first-order valence-corrected chi connectivity index (χ1v) is 4.90. The minimum atomic E-state index is 0.117. The molecule has 0 saturated heterocycles. The van der Waals surface area contributed by atoms with Crippen LogP contribution in [0.2, 0.25) is 6.04 Å². The first-order chi connectivity index (χ1) is 3.93. The Hall–Kier alpha value is -0.303. The van der Waals surface area contributed by atoms with Gasteiger partial charge in [-0.15, -0.1) is 0 Å². The van der Waals surface area contributed by atoms with Crippen molar-refractivity contribution in [3.05, 3.63) is 23.4 Å². The predicted octanol–water partition coefficient (Wildman–Crippen LogP) is 1.24. The maximum Gasteiger partial charge on any atom is 0.0548 e. The lowest BCUT2D eigenvalue weighted by molar-refractivity contribution is 1.39. The Kier molecular flexibility index (Phi) is 2.09. The van der Waals surface area contributed by atoms with E-state index >= 15 is 0 Å². The second kappa shape index (κ2) is 2.87. The number of allylic oxidation sites excluding steroid dienone is 4. The summed E-state index contributed by atoms with van der Waals surface area (Å²) in [6.45, 7) is 2.26. The zero-order valence-electron chi connectivity index (χ0n) is 5.28. The molecule has 43 valence electrons. The van der Waals surface area contributed by atoms with Gasteiger partial charge in [-0.1, -0.05) is 30.3 Å². The molecule has 1 aliphatic rings. The highest BCUT2D eigenvalue weighted by molar-refractivity contribution is 6.46. The van der Waals surface area contributed by atoms with Crippen molar-refractivity contribution in [2.75, 3.05) is 0 Å². The molecule has 0 fully saturated rings. The SMILES string of the molecule is CC[SiH2]C1=[C]CC=C1. The summed E-state index contributed by atoms with van der Waals surface area (Å²) in [6.07, 6.45) is 8.82. The number of rotatable bonds is 2. The van der Waals surface area contributed by atoms with Crippen LogP contribution in [0.4, 0.5) is 0 Å². The molecule has 0 nitrogen and oxygen atoms in total. The van der Waals surface area contributed by atoms with E-state index in [2.05, 4.69) is 25.2 Å². The van der Waals surface area contributed by atoms with E-state index in [1.807, 2.05) is 0 Å². The molecule has 0 aromatic rings. The van der Waals surface area contributed by atoms with Crippen LogP contribution in [0.5, 0.6) is 0 Å². The Morgan fingerprint density at radius 2 is 2.75 bits per heavy atom. The number of hydrogen-bond acceptors (Lipinski definition) is 0. The largest absolute Gasteiger partial charge is 0.0803 e. The van der Waals surface area contributed by atoms with Gasteiger partial charge < -0.3 is 0 Å². The Morgan fingerprint density at radius 3 is 3.25 bits per heavy atom. The Balaban J connectivity index is 2.34. The van der Waals surface area contributed by atoms with Gasteiger partial charge in [0.25, 0.3) is 0 Å². The van der Waals surface area contributed by atoms with Crippen molar-refractivity contribution in [2.45, 2.75) is 19.4 Å². The van der Waals surface area contributed by atoms with Gasteiger partial charge in [-0.25, -0.2) is 0 Å². The maximum absolute atomic E-state index is 3.32. The maximum atomic E-state index is 3.32. The van der Waals surface area contributed by atoms with Crippen LogP contribution in [0.15, 0.2) is 17.3 Å². The van der Waals surface area contributed by atoms with Gasteiger partial charge in [0.05, 0.1) is 9.52 Å². The molecule has 0 spiro atoms. The molecule has 0 unspecified atom stereocenters. The molecule has 0 aromatic carbocycles. The molecule has 0 amide bonds. The predicted molar refractivity (Wildman–Crippen MR) is 39.5 cm³/mol. The second-order valence-corrected chi connectivity index (χ2v) is 4.32. The molecular weight excluding hydrogens is 112 g/mol. The third-order valence-corrected chi connectivity index (χ3v) is 2.81. The summed E-state index contributed by atoms with van der Waals surface area (Å²) in [5.74, 6) is 0. The Bertz CT molecular complexity index is 122. The summed E-state index contributed by atoms with van der Waals surface area (Å²) in [4.78, 5) is 0. The monoisotopic (exact) mass is 123 g/mol. The molecule has 1 heteroatoms. The minimum Gasteiger partial charge on any atom is -0.0803 e. The normalized spacial score (nSPS) is 18.4. The lowest BCUT2D eigenvalue weighted by atomic mass is 10.5. The molecule has 1 radical (unpaired) electrons. The zero-order chi connectivity index (χ0) is 5.82. The van der Waals surface area contributed by atoms with Gasteiger partial charge in [0, 0.05) is 0 Å². The Labute approximate surface area is 53.1 Å². The number of hydrogen-bond donors (Lipinski definition) is 0. The van der Waals surface area contributed by atoms with Crippen molar-refractivity contribution >= 4 is 9.52 Å². The van der Waals surface area contributed by atoms with Gasteiger partial charge in [-0.05, 0) is 12.5 Å². The first-order valence-electron chi connectivity index (χ1n) is 3.19. The van der Waals surface area contributed by atoms with E-state index in [0.717, 1.165) is 6.42 Å². The van der Waals surface area contributed by atoms with Crippen LogP contribution in [-0.4, -0.2) is 9.52 Å². The van der Waals surface area contributed by atoms with Crippen LogP contribution in [0.25, 0.3) is 0 Å². The molecular formula is C7H11Si. The summed E-state index contributed by atoms with van der Waals surface area (Å²) in [5, 5.41) is 1.53. The Morgan fingerprint density at radius 1 is 1.88 bits per heavy atom. The van der Waals surface area contributed by atoms with Crippen molar-refractivity contribution in [3.63, 3.8) is 0 Å². The lowest BCUT2D eigenvalue weighted by Gasteiger charge is -1.88. The fraction of sp³-hybridized carbons (Fsp3) is 0.429. The third kappa shape index (κ3) is 1.34. The highest BCUT2D eigenvalue weighted by Gasteiger charge is 1.94. The molecule has 1 rings (SSSR count). The molecule has 0 atom stereocenters. The van der Waals surface area contributed by atoms with Crippen molar-refractivity contribution in [3.8, 4) is 0 Å². The summed E-state index contributed by atoms with van der Waals surface area (Å²) in [6, 6.07) is 1.38. The van der Waals surface area contributed by atoms with E-state index in [1.54, 1.807) is 0 Å². The van der Waals surface area contributed by atoms with Crippen LogP contribution < -0.4 is 0 Å². The summed E-state index contributed by atoms with van der Waals surface area (Å²) in [7, 11) is 0.117. The van der Waals surface area contributed by atoms with E-state index in [9.17, 15) is 0 Å². The average Bonchev–Trinajstić information content (AvgIpc) is 2.19. The van der Waals surface area contributed by atoms with E-state index in [-0.39, 0.29) is 9.52 Å². The summed E-state index contributed by atoms with van der Waals surface area (Å²) in [5.41, 5.74) is 0. The molecule has 0 bridgehead atoms. The van der Waals surface area contributed by atoms with Crippen molar-refractivity contribution in [1.82, 2.24) is 0 Å². The fourth-order valence-corrected chi connectivity index (χ4v) is 2.08. The lowest BCUT2D eigenvalue weighted by Crippen LogP contribution is -1.87. The van der Waals surface area contributed by atoms with Crippen LogP contribution in [0.3, 0.4) is 0 Å². The van der Waals surface area contributed by atoms with E-state index in [0.29, 0.717) is 0 Å². The second-order valence-electron chi connectivity index (χ2n) is 2.06. The molecule has 0 aliphatic heterocycles. The highest BCUT2D eigenvalue weighted by atomic mass is 28.2. The van der Waals surface area contributed by atoms with Crippen molar-refractivity contribution < 1.29 is 0 Å². The minimum absolute atomic E-state index is 0.117. The quantitative estimate of drug-likeness (QED) is 0.485. The van der Waals surface area contributed by atoms with Crippen LogP contribution in [-0.2, 0) is 0 Å². The van der Waals surface area contributed by atoms with E-state index in [1.165, 1.54) is 11.2 Å². The van der Waals surface area contributed by atoms with Crippen molar-refractivity contribution in [2.24, 2.45) is 0 Å². The van der Waals surface area contributed by atoms with Crippen LogP contribution in [0, 0.1) is 6.08 Å². The molecule has 1 aliphatic carbocycles. The van der Waals surface area contributed by atoms with Crippen molar-refractivity contribution in [1.29, 1.82) is 0 Å².